The molecule has 1 saturated carbocycles. The van der Waals surface area contributed by atoms with Crippen molar-refractivity contribution in [2.24, 2.45) is 0 Å². The van der Waals surface area contributed by atoms with E-state index >= 15 is 0 Å². The number of benzene rings is 2. The number of nitrogens with zero attached hydrogens (tertiary/aromatic N) is 1. The van der Waals surface area contributed by atoms with Crippen LogP contribution in [0.3, 0.4) is 0 Å². The van der Waals surface area contributed by atoms with Crippen LogP contribution in [0.25, 0.3) is 21.9 Å². The van der Waals surface area contributed by atoms with Crippen LogP contribution in [-0.4, -0.2) is 34.0 Å². The lowest BCUT2D eigenvalue weighted by Gasteiger charge is -2.28. The minimum absolute atomic E-state index is 0.0708. The van der Waals surface area contributed by atoms with Gasteiger partial charge in [-0.15, -0.1) is 0 Å². The average Bonchev–Trinajstić information content (AvgIpc) is 3.38. The van der Waals surface area contributed by atoms with E-state index in [1.165, 1.54) is 0 Å². The summed E-state index contributed by atoms with van der Waals surface area (Å²) in [6.07, 6.45) is 4.06. The molecule has 6 heteroatoms. The van der Waals surface area contributed by atoms with Gasteiger partial charge in [0.25, 0.3) is 5.91 Å². The van der Waals surface area contributed by atoms with Gasteiger partial charge in [-0.05, 0) is 49.6 Å². The lowest BCUT2D eigenvalue weighted by Crippen LogP contribution is -2.38. The molecule has 2 atom stereocenters. The Morgan fingerprint density at radius 2 is 1.97 bits per heavy atom. The molecule has 0 unspecified atom stereocenters. The van der Waals surface area contributed by atoms with Crippen LogP contribution in [0.1, 0.15) is 47.9 Å². The average molecular weight is 388 g/mol. The monoisotopic (exact) mass is 388 g/mol. The number of aromatic nitrogens is 3. The third-order valence-corrected chi connectivity index (χ3v) is 5.89. The molecule has 6 nitrogen and oxygen atoms in total. The molecule has 4 aromatic rings. The zero-order valence-electron chi connectivity index (χ0n) is 16.4. The number of rotatable bonds is 4. The van der Waals surface area contributed by atoms with Crippen molar-refractivity contribution in [1.29, 1.82) is 0 Å². The van der Waals surface area contributed by atoms with E-state index in [2.05, 4.69) is 21.4 Å². The van der Waals surface area contributed by atoms with Gasteiger partial charge in [0.1, 0.15) is 17.3 Å². The first-order valence-corrected chi connectivity index (χ1v) is 10.1. The fraction of sp³-hybridized carbons (Fsp3) is 0.304. The largest absolute Gasteiger partial charge is 0.496 e. The van der Waals surface area contributed by atoms with E-state index in [4.69, 9.17) is 9.72 Å². The van der Waals surface area contributed by atoms with Gasteiger partial charge in [-0.25, -0.2) is 4.98 Å². The summed E-state index contributed by atoms with van der Waals surface area (Å²) in [4.78, 5) is 24.3. The molecule has 0 saturated heterocycles. The van der Waals surface area contributed by atoms with E-state index in [1.54, 1.807) is 7.11 Å². The van der Waals surface area contributed by atoms with Crippen LogP contribution >= 0.6 is 0 Å². The molecule has 0 radical (unpaired) electrons. The summed E-state index contributed by atoms with van der Waals surface area (Å²) in [6.45, 7) is 0. The maximum absolute atomic E-state index is 12.9. The number of carbonyl (C=O) groups is 1. The molecule has 5 rings (SSSR count). The summed E-state index contributed by atoms with van der Waals surface area (Å²) in [6, 6.07) is 15.9. The molecule has 1 amide bonds. The topological polar surface area (TPSA) is 82.8 Å². The highest BCUT2D eigenvalue weighted by Crippen LogP contribution is 2.33. The number of ether oxygens (including phenoxy) is 1. The standard InChI is InChI=1S/C23H24N4O2/c1-29-21-11-5-10-17-16(21)13-20(25-17)23(28)24-15-7-4-6-14(12-15)22-26-18-8-2-3-9-19(18)27-22/h2-3,5,8-11,13-15,25H,4,6-7,12H2,1H3,(H,24,28)(H,26,27)/t14-,15+/m0/s1. The number of methoxy groups -OCH3 is 1. The SMILES string of the molecule is COc1cccc2[nH]c(C(=O)N[C@@H]3CCC[C@H](c4nc5ccccc5[nH]4)C3)cc12. The van der Waals surface area contributed by atoms with E-state index in [9.17, 15) is 4.79 Å². The molecule has 2 aromatic heterocycles. The Kier molecular flexibility index (Phi) is 4.46. The summed E-state index contributed by atoms with van der Waals surface area (Å²) in [5.41, 5.74) is 3.54. The Balaban J connectivity index is 1.31. The quantitative estimate of drug-likeness (QED) is 0.481. The number of hydrogen-bond acceptors (Lipinski definition) is 3. The van der Waals surface area contributed by atoms with Gasteiger partial charge < -0.3 is 20.0 Å². The van der Waals surface area contributed by atoms with Crippen molar-refractivity contribution < 1.29 is 9.53 Å². The van der Waals surface area contributed by atoms with Crippen molar-refractivity contribution in [3.8, 4) is 5.75 Å². The van der Waals surface area contributed by atoms with Crippen molar-refractivity contribution in [1.82, 2.24) is 20.3 Å². The second-order valence-electron chi connectivity index (χ2n) is 7.78. The summed E-state index contributed by atoms with van der Waals surface area (Å²) in [5.74, 6) is 2.06. The van der Waals surface area contributed by atoms with Crippen LogP contribution in [0.2, 0.25) is 0 Å². The third kappa shape index (κ3) is 3.35. The van der Waals surface area contributed by atoms with Crippen molar-refractivity contribution in [2.45, 2.75) is 37.6 Å². The zero-order chi connectivity index (χ0) is 19.8. The molecule has 2 heterocycles. The minimum atomic E-state index is -0.0708. The number of hydrogen-bond donors (Lipinski definition) is 3. The van der Waals surface area contributed by atoms with Crippen molar-refractivity contribution >= 4 is 27.8 Å². The number of aromatic amines is 2. The molecular formula is C23H24N4O2. The van der Waals surface area contributed by atoms with Crippen LogP contribution in [0.5, 0.6) is 5.75 Å². The summed E-state index contributed by atoms with van der Waals surface area (Å²) in [7, 11) is 1.64. The Hall–Kier alpha value is -3.28. The molecule has 0 aliphatic heterocycles. The van der Waals surface area contributed by atoms with Crippen LogP contribution in [-0.2, 0) is 0 Å². The summed E-state index contributed by atoms with van der Waals surface area (Å²) in [5, 5.41) is 4.13. The molecule has 2 aromatic carbocycles. The Morgan fingerprint density at radius 1 is 1.10 bits per heavy atom. The lowest BCUT2D eigenvalue weighted by atomic mass is 9.85. The smallest absolute Gasteiger partial charge is 0.267 e. The van der Waals surface area contributed by atoms with Crippen LogP contribution < -0.4 is 10.1 Å². The van der Waals surface area contributed by atoms with Gasteiger partial charge in [0.2, 0.25) is 0 Å². The lowest BCUT2D eigenvalue weighted by molar-refractivity contribution is 0.0920. The van der Waals surface area contributed by atoms with Gasteiger partial charge >= 0.3 is 0 Å². The Bertz CT molecular complexity index is 1140. The normalized spacial score (nSPS) is 19.5. The number of H-pyrrole nitrogens is 2. The maximum Gasteiger partial charge on any atom is 0.267 e. The van der Waals surface area contributed by atoms with Gasteiger partial charge in [-0.1, -0.05) is 24.6 Å². The molecule has 3 N–H and O–H groups in total. The minimum Gasteiger partial charge on any atom is -0.496 e. The Labute approximate surface area is 168 Å². The summed E-state index contributed by atoms with van der Waals surface area (Å²) >= 11 is 0. The van der Waals surface area contributed by atoms with Crippen molar-refractivity contribution in [3.05, 3.63) is 60.0 Å². The maximum atomic E-state index is 12.9. The predicted octanol–water partition coefficient (Wildman–Crippen LogP) is 4.51. The second kappa shape index (κ2) is 7.28. The van der Waals surface area contributed by atoms with Gasteiger partial charge in [0, 0.05) is 22.9 Å². The molecule has 1 aliphatic carbocycles. The highest BCUT2D eigenvalue weighted by atomic mass is 16.5. The number of imidazole rings is 1. The number of amides is 1. The number of nitrogens with one attached hydrogen (secondary N) is 3. The molecule has 0 spiro atoms. The van der Waals surface area contributed by atoms with E-state index < -0.39 is 0 Å². The second-order valence-corrected chi connectivity index (χ2v) is 7.78. The highest BCUT2D eigenvalue weighted by molar-refractivity contribution is 5.99. The number of fused-ring (bicyclic) bond motifs is 2. The first kappa shape index (κ1) is 17.8. The van der Waals surface area contributed by atoms with E-state index in [0.29, 0.717) is 11.6 Å². The van der Waals surface area contributed by atoms with E-state index in [1.807, 2.05) is 42.5 Å². The van der Waals surface area contributed by atoms with Crippen molar-refractivity contribution in [2.75, 3.05) is 7.11 Å². The van der Waals surface area contributed by atoms with E-state index in [-0.39, 0.29) is 11.9 Å². The van der Waals surface area contributed by atoms with Gasteiger partial charge in [0.05, 0.1) is 18.1 Å². The third-order valence-electron chi connectivity index (χ3n) is 5.89. The fourth-order valence-corrected chi connectivity index (χ4v) is 4.43. The molecule has 29 heavy (non-hydrogen) atoms. The fourth-order valence-electron chi connectivity index (χ4n) is 4.43. The molecular weight excluding hydrogens is 364 g/mol. The van der Waals surface area contributed by atoms with Crippen LogP contribution in [0.15, 0.2) is 48.5 Å². The zero-order valence-corrected chi connectivity index (χ0v) is 16.4. The van der Waals surface area contributed by atoms with Gasteiger partial charge in [0.15, 0.2) is 0 Å². The molecule has 0 bridgehead atoms. The first-order valence-electron chi connectivity index (χ1n) is 10.1. The number of para-hydroxylation sites is 2. The van der Waals surface area contributed by atoms with E-state index in [0.717, 1.165) is 59.2 Å². The summed E-state index contributed by atoms with van der Waals surface area (Å²) < 4.78 is 5.40. The first-order chi connectivity index (χ1) is 14.2. The van der Waals surface area contributed by atoms with Crippen LogP contribution in [0.4, 0.5) is 0 Å². The Morgan fingerprint density at radius 3 is 2.83 bits per heavy atom. The highest BCUT2D eigenvalue weighted by Gasteiger charge is 2.27. The molecule has 148 valence electrons. The molecule has 1 aliphatic rings. The predicted molar refractivity (Wildman–Crippen MR) is 113 cm³/mol. The van der Waals surface area contributed by atoms with Gasteiger partial charge in [-0.2, -0.15) is 0 Å². The number of carbonyl (C=O) groups excluding carboxylic acids is 1. The van der Waals surface area contributed by atoms with Gasteiger partial charge in [-0.3, -0.25) is 4.79 Å². The molecule has 1 fully saturated rings. The van der Waals surface area contributed by atoms with Crippen molar-refractivity contribution in [3.63, 3.8) is 0 Å². The van der Waals surface area contributed by atoms with Crippen LogP contribution in [0, 0.1) is 0 Å².